The van der Waals surface area contributed by atoms with Crippen LogP contribution in [0.25, 0.3) is 0 Å². The molecule has 1 aromatic heterocycles. The van der Waals surface area contributed by atoms with Crippen molar-refractivity contribution in [3.63, 3.8) is 0 Å². The quantitative estimate of drug-likeness (QED) is 0.544. The van der Waals surface area contributed by atoms with Gasteiger partial charge in [0.05, 0.1) is 5.56 Å². The fourth-order valence-electron chi connectivity index (χ4n) is 0.480. The minimum Gasteiger partial charge on any atom is -0.263 e. The molecule has 0 aromatic carbocycles. The van der Waals surface area contributed by atoms with E-state index in [1.165, 1.54) is 6.20 Å². The molecule has 0 saturated carbocycles. The predicted molar refractivity (Wildman–Crippen MR) is 28.1 cm³/mol. The van der Waals surface area contributed by atoms with Crippen molar-refractivity contribution in [1.29, 1.82) is 0 Å². The number of hydrogen-bond acceptors (Lipinski definition) is 1. The predicted octanol–water partition coefficient (Wildman–Crippen LogP) is 1.90. The molecular formula is C6H3F3N. The van der Waals surface area contributed by atoms with Crippen LogP contribution >= 0.6 is 0 Å². The van der Waals surface area contributed by atoms with Crippen molar-refractivity contribution < 1.29 is 13.2 Å². The summed E-state index contributed by atoms with van der Waals surface area (Å²) >= 11 is 0. The number of alkyl halides is 3. The Kier molecular flexibility index (Phi) is 1.61. The summed E-state index contributed by atoms with van der Waals surface area (Å²) < 4.78 is 35.2. The van der Waals surface area contributed by atoms with E-state index in [1.54, 1.807) is 0 Å². The normalized spacial score (nSPS) is 11.5. The monoisotopic (exact) mass is 146 g/mol. The lowest BCUT2D eigenvalue weighted by Crippen LogP contribution is -2.04. The molecule has 10 heavy (non-hydrogen) atoms. The van der Waals surface area contributed by atoms with Gasteiger partial charge in [-0.3, -0.25) is 4.98 Å². The van der Waals surface area contributed by atoms with Crippen molar-refractivity contribution >= 4 is 0 Å². The summed E-state index contributed by atoms with van der Waals surface area (Å²) in [6.07, 6.45) is -2.36. The van der Waals surface area contributed by atoms with Gasteiger partial charge in [0.15, 0.2) is 0 Å². The zero-order valence-corrected chi connectivity index (χ0v) is 4.81. The summed E-state index contributed by atoms with van der Waals surface area (Å²) in [5.41, 5.74) is -0.769. The number of rotatable bonds is 0. The highest BCUT2D eigenvalue weighted by molar-refractivity contribution is 5.10. The molecule has 4 heteroatoms. The van der Waals surface area contributed by atoms with Crippen LogP contribution in [0, 0.1) is 6.07 Å². The van der Waals surface area contributed by atoms with Crippen LogP contribution in [0.3, 0.4) is 0 Å². The van der Waals surface area contributed by atoms with Crippen molar-refractivity contribution in [3.05, 3.63) is 30.1 Å². The molecule has 0 aliphatic rings. The molecule has 53 valence electrons. The fraction of sp³-hybridized carbons (Fsp3) is 0.167. The van der Waals surface area contributed by atoms with Crippen molar-refractivity contribution in [1.82, 2.24) is 4.98 Å². The Morgan fingerprint density at radius 1 is 1.40 bits per heavy atom. The van der Waals surface area contributed by atoms with E-state index >= 15 is 0 Å². The van der Waals surface area contributed by atoms with Gasteiger partial charge in [0.25, 0.3) is 0 Å². The average molecular weight is 146 g/mol. The minimum atomic E-state index is -4.30. The Labute approximate surface area is 55.5 Å². The van der Waals surface area contributed by atoms with Crippen LogP contribution in [0.5, 0.6) is 0 Å². The van der Waals surface area contributed by atoms with Gasteiger partial charge < -0.3 is 0 Å². The highest BCUT2D eigenvalue weighted by Crippen LogP contribution is 2.27. The lowest BCUT2D eigenvalue weighted by molar-refractivity contribution is -0.137. The first-order valence-electron chi connectivity index (χ1n) is 2.49. The van der Waals surface area contributed by atoms with Gasteiger partial charge in [0.1, 0.15) is 0 Å². The van der Waals surface area contributed by atoms with E-state index < -0.39 is 11.7 Å². The van der Waals surface area contributed by atoms with Crippen LogP contribution < -0.4 is 0 Å². The maximum Gasteiger partial charge on any atom is 0.417 e. The lowest BCUT2D eigenvalue weighted by atomic mass is 10.3. The largest absolute Gasteiger partial charge is 0.417 e. The maximum atomic E-state index is 11.7. The van der Waals surface area contributed by atoms with Crippen molar-refractivity contribution in [2.24, 2.45) is 0 Å². The summed E-state index contributed by atoms with van der Waals surface area (Å²) in [5.74, 6) is 0. The molecule has 1 radical (unpaired) electrons. The van der Waals surface area contributed by atoms with Gasteiger partial charge in [-0.15, -0.1) is 0 Å². The molecule has 0 aliphatic carbocycles. The Bertz CT molecular complexity index is 204. The number of aromatic nitrogens is 1. The molecule has 0 N–H and O–H groups in total. The second-order valence-corrected chi connectivity index (χ2v) is 1.67. The summed E-state index contributed by atoms with van der Waals surface area (Å²) in [5, 5.41) is 0. The minimum absolute atomic E-state index is 0.760. The van der Waals surface area contributed by atoms with E-state index in [0.29, 0.717) is 0 Å². The van der Waals surface area contributed by atoms with E-state index in [9.17, 15) is 13.2 Å². The average Bonchev–Trinajstić information content (AvgIpc) is 1.88. The zero-order chi connectivity index (χ0) is 7.61. The SMILES string of the molecule is FC(F)(F)c1c[c]cnc1. The van der Waals surface area contributed by atoms with Gasteiger partial charge in [-0.25, -0.2) is 0 Å². The Hall–Kier alpha value is -1.06. The molecule has 0 saturated heterocycles. The first-order chi connectivity index (χ1) is 4.61. The molecule has 1 rings (SSSR count). The van der Waals surface area contributed by atoms with E-state index in [0.717, 1.165) is 12.3 Å². The molecule has 1 heterocycles. The number of nitrogens with zero attached hydrogens (tertiary/aromatic N) is 1. The molecule has 0 fully saturated rings. The van der Waals surface area contributed by atoms with Gasteiger partial charge in [0.2, 0.25) is 0 Å². The first-order valence-corrected chi connectivity index (χ1v) is 2.49. The maximum absolute atomic E-state index is 11.7. The Morgan fingerprint density at radius 3 is 2.40 bits per heavy atom. The smallest absolute Gasteiger partial charge is 0.263 e. The molecule has 0 aliphatic heterocycles. The molecule has 0 unspecified atom stereocenters. The number of pyridine rings is 1. The van der Waals surface area contributed by atoms with Crippen LogP contribution in [-0.2, 0) is 6.18 Å². The van der Waals surface area contributed by atoms with Crippen molar-refractivity contribution in [3.8, 4) is 0 Å². The van der Waals surface area contributed by atoms with E-state index in [4.69, 9.17) is 0 Å². The number of hydrogen-bond donors (Lipinski definition) is 0. The van der Waals surface area contributed by atoms with Gasteiger partial charge in [-0.05, 0) is 6.07 Å². The highest BCUT2D eigenvalue weighted by Gasteiger charge is 2.30. The van der Waals surface area contributed by atoms with Gasteiger partial charge in [0, 0.05) is 18.5 Å². The molecule has 1 nitrogen and oxygen atoms in total. The number of halogens is 3. The third kappa shape index (κ3) is 1.46. The van der Waals surface area contributed by atoms with E-state index in [-0.39, 0.29) is 0 Å². The van der Waals surface area contributed by atoms with Gasteiger partial charge >= 0.3 is 6.18 Å². The van der Waals surface area contributed by atoms with Crippen LogP contribution in [0.1, 0.15) is 5.56 Å². The van der Waals surface area contributed by atoms with Crippen LogP contribution in [0.2, 0.25) is 0 Å². The fourth-order valence-corrected chi connectivity index (χ4v) is 0.480. The lowest BCUT2D eigenvalue weighted by Gasteiger charge is -2.02. The van der Waals surface area contributed by atoms with E-state index in [2.05, 4.69) is 11.1 Å². The Balaban J connectivity index is 2.97. The first kappa shape index (κ1) is 7.05. The third-order valence-corrected chi connectivity index (χ3v) is 0.929. The second kappa shape index (κ2) is 2.28. The summed E-state index contributed by atoms with van der Waals surface area (Å²) in [6, 6.07) is 3.09. The second-order valence-electron chi connectivity index (χ2n) is 1.67. The highest BCUT2D eigenvalue weighted by atomic mass is 19.4. The van der Waals surface area contributed by atoms with Crippen LogP contribution in [-0.4, -0.2) is 4.98 Å². The topological polar surface area (TPSA) is 12.9 Å². The Morgan fingerprint density at radius 2 is 2.10 bits per heavy atom. The van der Waals surface area contributed by atoms with Crippen LogP contribution in [0.4, 0.5) is 13.2 Å². The third-order valence-electron chi connectivity index (χ3n) is 0.929. The van der Waals surface area contributed by atoms with Gasteiger partial charge in [-0.2, -0.15) is 13.2 Å². The molecule has 1 aromatic rings. The standard InChI is InChI=1S/C6H3F3N/c7-6(8,9)5-2-1-3-10-4-5/h2-4H. The van der Waals surface area contributed by atoms with Crippen LogP contribution in [0.15, 0.2) is 18.5 Å². The molecular weight excluding hydrogens is 143 g/mol. The molecule has 0 atom stereocenters. The summed E-state index contributed by atoms with van der Waals surface area (Å²) in [7, 11) is 0. The summed E-state index contributed by atoms with van der Waals surface area (Å²) in [6.45, 7) is 0. The van der Waals surface area contributed by atoms with E-state index in [1.807, 2.05) is 0 Å². The van der Waals surface area contributed by atoms with Gasteiger partial charge in [-0.1, -0.05) is 0 Å². The molecule has 0 spiro atoms. The summed E-state index contributed by atoms with van der Waals surface area (Å²) in [4.78, 5) is 3.28. The molecule has 0 bridgehead atoms. The van der Waals surface area contributed by atoms with Crippen molar-refractivity contribution in [2.45, 2.75) is 6.18 Å². The van der Waals surface area contributed by atoms with Crippen molar-refractivity contribution in [2.75, 3.05) is 0 Å². The molecule has 0 amide bonds. The zero-order valence-electron chi connectivity index (χ0n) is 4.81.